The number of fused-ring (bicyclic) bond motifs is 2. The zero-order chi connectivity index (χ0) is 19.1. The minimum absolute atomic E-state index is 0.171. The molecular weight excluding hydrogens is 340 g/mol. The number of nitriles is 1. The summed E-state index contributed by atoms with van der Waals surface area (Å²) in [6.07, 6.45) is -0.549. The topological polar surface area (TPSA) is 83.1 Å². The second-order valence-electron chi connectivity index (χ2n) is 6.61. The number of rotatable bonds is 3. The van der Waals surface area contributed by atoms with E-state index in [4.69, 9.17) is 5.26 Å². The molecule has 132 valence electrons. The Bertz CT molecular complexity index is 1120. The zero-order valence-corrected chi connectivity index (χ0v) is 14.6. The fourth-order valence-corrected chi connectivity index (χ4v) is 3.55. The molecule has 1 heterocycles. The van der Waals surface area contributed by atoms with Gasteiger partial charge in [-0.1, -0.05) is 36.4 Å². The zero-order valence-electron chi connectivity index (χ0n) is 14.6. The van der Waals surface area contributed by atoms with Gasteiger partial charge in [-0.25, -0.2) is 0 Å². The average molecular weight is 356 g/mol. The summed E-state index contributed by atoms with van der Waals surface area (Å²) >= 11 is 0. The number of aliphatic hydroxyl groups is 1. The third kappa shape index (κ3) is 2.67. The van der Waals surface area contributed by atoms with Gasteiger partial charge in [0.25, 0.3) is 0 Å². The number of hydrogen-bond acceptors (Lipinski definition) is 4. The van der Waals surface area contributed by atoms with Crippen LogP contribution in [0.4, 0.5) is 0 Å². The Hall–Kier alpha value is -3.49. The van der Waals surface area contributed by atoms with E-state index in [0.717, 1.165) is 0 Å². The van der Waals surface area contributed by atoms with Gasteiger partial charge < -0.3 is 9.67 Å². The molecule has 1 aliphatic rings. The number of carbonyl (C=O) groups excluding carboxylic acids is 2. The van der Waals surface area contributed by atoms with E-state index >= 15 is 0 Å². The summed E-state index contributed by atoms with van der Waals surface area (Å²) < 4.78 is 1.69. The van der Waals surface area contributed by atoms with Crippen molar-refractivity contribution in [3.8, 4) is 6.07 Å². The summed E-state index contributed by atoms with van der Waals surface area (Å²) in [5.41, 5.74) is 3.47. The SMILES string of the molecule is Cn1c(CC(O)c2ccc(C#N)cc2)cc2c1C(=O)c1ccccc1C2=O. The van der Waals surface area contributed by atoms with E-state index in [1.807, 2.05) is 6.07 Å². The molecular formula is C22H16N2O3. The van der Waals surface area contributed by atoms with Gasteiger partial charge >= 0.3 is 0 Å². The molecule has 27 heavy (non-hydrogen) atoms. The molecule has 1 atom stereocenters. The van der Waals surface area contributed by atoms with Gasteiger partial charge in [-0.15, -0.1) is 0 Å². The molecule has 2 aromatic carbocycles. The molecule has 5 nitrogen and oxygen atoms in total. The van der Waals surface area contributed by atoms with Crippen LogP contribution in [0.15, 0.2) is 54.6 Å². The Labute approximate surface area is 156 Å². The molecule has 1 aliphatic carbocycles. The van der Waals surface area contributed by atoms with E-state index < -0.39 is 6.10 Å². The largest absolute Gasteiger partial charge is 0.388 e. The van der Waals surface area contributed by atoms with Gasteiger partial charge in [0, 0.05) is 30.3 Å². The summed E-state index contributed by atoms with van der Waals surface area (Å²) in [7, 11) is 1.73. The van der Waals surface area contributed by atoms with E-state index in [1.165, 1.54) is 0 Å². The molecule has 0 aliphatic heterocycles. The highest BCUT2D eigenvalue weighted by molar-refractivity contribution is 6.28. The van der Waals surface area contributed by atoms with Crippen molar-refractivity contribution < 1.29 is 14.7 Å². The lowest BCUT2D eigenvalue weighted by Gasteiger charge is -2.16. The first kappa shape index (κ1) is 17.0. The van der Waals surface area contributed by atoms with Crippen LogP contribution in [-0.4, -0.2) is 21.2 Å². The van der Waals surface area contributed by atoms with Crippen molar-refractivity contribution in [2.75, 3.05) is 0 Å². The minimum atomic E-state index is -0.805. The van der Waals surface area contributed by atoms with E-state index in [9.17, 15) is 14.7 Å². The number of aliphatic hydroxyl groups excluding tert-OH is 1. The van der Waals surface area contributed by atoms with Gasteiger partial charge in [-0.05, 0) is 23.8 Å². The maximum Gasteiger partial charge on any atom is 0.210 e. The van der Waals surface area contributed by atoms with Crippen LogP contribution < -0.4 is 0 Å². The Balaban J connectivity index is 1.69. The molecule has 0 saturated heterocycles. The van der Waals surface area contributed by atoms with Gasteiger partial charge in [-0.2, -0.15) is 5.26 Å². The molecule has 0 fully saturated rings. The highest BCUT2D eigenvalue weighted by Crippen LogP contribution is 2.30. The van der Waals surface area contributed by atoms with Crippen LogP contribution in [0, 0.1) is 11.3 Å². The van der Waals surface area contributed by atoms with Gasteiger partial charge in [0.15, 0.2) is 5.78 Å². The van der Waals surface area contributed by atoms with Crippen molar-refractivity contribution in [1.82, 2.24) is 4.57 Å². The second kappa shape index (κ2) is 6.35. The molecule has 1 aromatic heterocycles. The molecule has 0 spiro atoms. The van der Waals surface area contributed by atoms with Crippen molar-refractivity contribution in [3.05, 3.63) is 93.8 Å². The number of hydrogen-bond donors (Lipinski definition) is 1. The lowest BCUT2D eigenvalue weighted by atomic mass is 9.88. The Kier molecular flexibility index (Phi) is 3.98. The van der Waals surface area contributed by atoms with Crippen molar-refractivity contribution in [2.45, 2.75) is 12.5 Å². The Morgan fingerprint density at radius 1 is 1.00 bits per heavy atom. The first-order chi connectivity index (χ1) is 13.0. The van der Waals surface area contributed by atoms with Crippen LogP contribution in [0.1, 0.15) is 54.9 Å². The van der Waals surface area contributed by atoms with Crippen molar-refractivity contribution in [1.29, 1.82) is 5.26 Å². The van der Waals surface area contributed by atoms with E-state index in [0.29, 0.717) is 39.2 Å². The molecule has 5 heteroatoms. The lowest BCUT2D eigenvalue weighted by Crippen LogP contribution is -2.22. The molecule has 1 unspecified atom stereocenters. The first-order valence-electron chi connectivity index (χ1n) is 8.56. The molecule has 0 bridgehead atoms. The summed E-state index contributed by atoms with van der Waals surface area (Å²) in [5, 5.41) is 19.4. The highest BCUT2D eigenvalue weighted by Gasteiger charge is 2.33. The number of carbonyl (C=O) groups is 2. The highest BCUT2D eigenvalue weighted by atomic mass is 16.3. The quantitative estimate of drug-likeness (QED) is 0.612. The molecule has 0 amide bonds. The van der Waals surface area contributed by atoms with Crippen molar-refractivity contribution in [3.63, 3.8) is 0 Å². The maximum absolute atomic E-state index is 12.8. The number of benzene rings is 2. The van der Waals surface area contributed by atoms with Gasteiger partial charge in [0.2, 0.25) is 5.78 Å². The minimum Gasteiger partial charge on any atom is -0.388 e. The van der Waals surface area contributed by atoms with Crippen LogP contribution in [0.25, 0.3) is 0 Å². The fourth-order valence-electron chi connectivity index (χ4n) is 3.55. The van der Waals surface area contributed by atoms with Crippen LogP contribution in [0.2, 0.25) is 0 Å². The van der Waals surface area contributed by atoms with Crippen molar-refractivity contribution >= 4 is 11.6 Å². The molecule has 1 N–H and O–H groups in total. The maximum atomic E-state index is 12.8. The summed E-state index contributed by atoms with van der Waals surface area (Å²) in [6, 6.07) is 17.3. The third-order valence-corrected chi connectivity index (χ3v) is 5.04. The number of nitrogens with zero attached hydrogens (tertiary/aromatic N) is 2. The number of ketones is 2. The summed E-state index contributed by atoms with van der Waals surface area (Å²) in [4.78, 5) is 25.6. The van der Waals surface area contributed by atoms with Gasteiger partial charge in [-0.3, -0.25) is 9.59 Å². The third-order valence-electron chi connectivity index (χ3n) is 5.04. The monoisotopic (exact) mass is 356 g/mol. The van der Waals surface area contributed by atoms with Crippen LogP contribution in [0.3, 0.4) is 0 Å². The molecule has 0 saturated carbocycles. The van der Waals surface area contributed by atoms with E-state index in [2.05, 4.69) is 0 Å². The second-order valence-corrected chi connectivity index (χ2v) is 6.61. The molecule has 3 aromatic rings. The predicted molar refractivity (Wildman–Crippen MR) is 98.5 cm³/mol. The Morgan fingerprint density at radius 3 is 2.26 bits per heavy atom. The van der Waals surface area contributed by atoms with E-state index in [1.54, 1.807) is 66.2 Å². The van der Waals surface area contributed by atoms with E-state index in [-0.39, 0.29) is 18.0 Å². The summed E-state index contributed by atoms with van der Waals surface area (Å²) in [6.45, 7) is 0. The van der Waals surface area contributed by atoms with Crippen LogP contribution >= 0.6 is 0 Å². The lowest BCUT2D eigenvalue weighted by molar-refractivity contribution is 0.0974. The van der Waals surface area contributed by atoms with Gasteiger partial charge in [0.05, 0.1) is 23.3 Å². The first-order valence-corrected chi connectivity index (χ1v) is 8.56. The van der Waals surface area contributed by atoms with Crippen LogP contribution in [-0.2, 0) is 13.5 Å². The van der Waals surface area contributed by atoms with Gasteiger partial charge in [0.1, 0.15) is 5.69 Å². The standard InChI is InChI=1S/C22H16N2O3/c1-24-15(11-19(25)14-8-6-13(12-23)7-9-14)10-18-20(24)22(27)17-5-3-2-4-16(17)21(18)26/h2-10,19,25H,11H2,1H3. The fraction of sp³-hybridized carbons (Fsp3) is 0.136. The molecule has 4 rings (SSSR count). The average Bonchev–Trinajstić information content (AvgIpc) is 3.03. The summed E-state index contributed by atoms with van der Waals surface area (Å²) in [5.74, 6) is -0.350. The van der Waals surface area contributed by atoms with Crippen molar-refractivity contribution in [2.24, 2.45) is 7.05 Å². The smallest absolute Gasteiger partial charge is 0.210 e. The number of aromatic nitrogens is 1. The van der Waals surface area contributed by atoms with Crippen LogP contribution in [0.5, 0.6) is 0 Å². The normalized spacial score (nSPS) is 13.7. The molecule has 0 radical (unpaired) electrons. The Morgan fingerprint density at radius 2 is 1.63 bits per heavy atom. The predicted octanol–water partition coefficient (Wildman–Crippen LogP) is 2.95.